The molecule has 0 saturated heterocycles. The average Bonchev–Trinajstić information content (AvgIpc) is 3.36. The van der Waals surface area contributed by atoms with Gasteiger partial charge in [0.2, 0.25) is 0 Å². The summed E-state index contributed by atoms with van der Waals surface area (Å²) in [5.41, 5.74) is 4.20. The molecular formula is C23H18Cl3N3. The van der Waals surface area contributed by atoms with Gasteiger partial charge in [0.15, 0.2) is 0 Å². The highest BCUT2D eigenvalue weighted by molar-refractivity contribution is 6.35. The zero-order valence-corrected chi connectivity index (χ0v) is 17.7. The van der Waals surface area contributed by atoms with E-state index in [1.54, 1.807) is 18.6 Å². The van der Waals surface area contributed by atoms with Crippen molar-refractivity contribution in [2.24, 2.45) is 0 Å². The molecule has 2 aromatic heterocycles. The monoisotopic (exact) mass is 441 g/mol. The average molecular weight is 443 g/mol. The number of halogens is 3. The van der Waals surface area contributed by atoms with Crippen molar-refractivity contribution in [1.29, 1.82) is 0 Å². The maximum atomic E-state index is 6.62. The quantitative estimate of drug-likeness (QED) is 0.291. The second-order valence-corrected chi connectivity index (χ2v) is 7.98. The van der Waals surface area contributed by atoms with Crippen LogP contribution in [0.5, 0.6) is 0 Å². The standard InChI is InChI=1S/C23H18Cl3N3/c1-2-10-28-13-20(16-3-5-17(24)6-4-16)21(14-28)23(29-11-9-27-15-29)19-8-7-18(25)12-22(19)26/h2-9,11-15,23H,1,10H2. The molecule has 6 heteroatoms. The van der Waals surface area contributed by atoms with Crippen molar-refractivity contribution in [2.45, 2.75) is 12.6 Å². The second-order valence-electron chi connectivity index (χ2n) is 6.70. The van der Waals surface area contributed by atoms with Crippen LogP contribution in [0.4, 0.5) is 0 Å². The van der Waals surface area contributed by atoms with Crippen LogP contribution >= 0.6 is 34.8 Å². The number of hydrogen-bond acceptors (Lipinski definition) is 1. The SMILES string of the molecule is C=CCn1cc(-c2ccc(Cl)cc2)c(C(c2ccc(Cl)cc2Cl)n2ccnc2)c1. The summed E-state index contributed by atoms with van der Waals surface area (Å²) in [5, 5.41) is 1.91. The number of imidazole rings is 1. The van der Waals surface area contributed by atoms with Crippen molar-refractivity contribution in [3.63, 3.8) is 0 Å². The Morgan fingerprint density at radius 2 is 1.72 bits per heavy atom. The topological polar surface area (TPSA) is 22.8 Å². The summed E-state index contributed by atoms with van der Waals surface area (Å²) in [6.07, 6.45) is 11.6. The minimum absolute atomic E-state index is 0.168. The van der Waals surface area contributed by atoms with Crippen LogP contribution in [0.25, 0.3) is 11.1 Å². The van der Waals surface area contributed by atoms with Crippen LogP contribution in [0.1, 0.15) is 17.2 Å². The molecule has 0 bridgehead atoms. The zero-order chi connectivity index (χ0) is 20.4. The van der Waals surface area contributed by atoms with Gasteiger partial charge in [-0.25, -0.2) is 4.98 Å². The first-order chi connectivity index (χ1) is 14.1. The van der Waals surface area contributed by atoms with E-state index in [2.05, 4.69) is 28.5 Å². The van der Waals surface area contributed by atoms with Gasteiger partial charge in [0.05, 0.1) is 12.4 Å². The van der Waals surface area contributed by atoms with E-state index in [1.807, 2.05) is 53.2 Å². The summed E-state index contributed by atoms with van der Waals surface area (Å²) in [6, 6.07) is 13.3. The molecule has 4 aromatic rings. The van der Waals surface area contributed by atoms with Gasteiger partial charge in [-0.15, -0.1) is 6.58 Å². The molecule has 0 N–H and O–H groups in total. The third kappa shape index (κ3) is 4.13. The van der Waals surface area contributed by atoms with Gasteiger partial charge in [-0.3, -0.25) is 0 Å². The minimum Gasteiger partial charge on any atom is -0.349 e. The van der Waals surface area contributed by atoms with E-state index in [4.69, 9.17) is 34.8 Å². The van der Waals surface area contributed by atoms with Crippen LogP contribution in [0.15, 0.2) is 86.2 Å². The number of rotatable bonds is 6. The first-order valence-corrected chi connectivity index (χ1v) is 10.2. The third-order valence-corrected chi connectivity index (χ3v) is 5.60. The van der Waals surface area contributed by atoms with Crippen LogP contribution in [0, 0.1) is 0 Å². The van der Waals surface area contributed by atoms with Crippen molar-refractivity contribution < 1.29 is 0 Å². The fourth-order valence-corrected chi connectivity index (χ4v) is 4.14. The number of allylic oxidation sites excluding steroid dienone is 1. The predicted molar refractivity (Wildman–Crippen MR) is 121 cm³/mol. The van der Waals surface area contributed by atoms with Crippen molar-refractivity contribution in [1.82, 2.24) is 14.1 Å². The smallest absolute Gasteiger partial charge is 0.0954 e. The van der Waals surface area contributed by atoms with Crippen molar-refractivity contribution in [3.05, 3.63) is 112 Å². The van der Waals surface area contributed by atoms with E-state index in [0.29, 0.717) is 21.6 Å². The molecule has 0 amide bonds. The molecule has 1 atom stereocenters. The molecule has 0 saturated carbocycles. The summed E-state index contributed by atoms with van der Waals surface area (Å²) in [5.74, 6) is 0. The molecule has 2 heterocycles. The van der Waals surface area contributed by atoms with Gasteiger partial charge in [0, 0.05) is 57.5 Å². The van der Waals surface area contributed by atoms with Gasteiger partial charge in [-0.2, -0.15) is 0 Å². The summed E-state index contributed by atoms with van der Waals surface area (Å²) in [7, 11) is 0. The van der Waals surface area contributed by atoms with E-state index in [9.17, 15) is 0 Å². The Balaban J connectivity index is 1.94. The molecule has 0 fully saturated rings. The highest BCUT2D eigenvalue weighted by Gasteiger charge is 2.24. The highest BCUT2D eigenvalue weighted by atomic mass is 35.5. The number of hydrogen-bond donors (Lipinski definition) is 0. The Morgan fingerprint density at radius 3 is 2.38 bits per heavy atom. The van der Waals surface area contributed by atoms with E-state index in [1.165, 1.54) is 0 Å². The second kappa shape index (κ2) is 8.50. The Morgan fingerprint density at radius 1 is 0.966 bits per heavy atom. The molecular weight excluding hydrogens is 425 g/mol. The lowest BCUT2D eigenvalue weighted by Crippen LogP contribution is -2.11. The lowest BCUT2D eigenvalue weighted by atomic mass is 9.94. The number of benzene rings is 2. The summed E-state index contributed by atoms with van der Waals surface area (Å²) >= 11 is 18.9. The molecule has 0 aliphatic carbocycles. The van der Waals surface area contributed by atoms with Crippen molar-refractivity contribution in [2.75, 3.05) is 0 Å². The normalized spacial score (nSPS) is 12.1. The molecule has 146 valence electrons. The molecule has 2 aromatic carbocycles. The molecule has 0 spiro atoms. The maximum Gasteiger partial charge on any atom is 0.0954 e. The van der Waals surface area contributed by atoms with Crippen LogP contribution in [0.3, 0.4) is 0 Å². The molecule has 3 nitrogen and oxygen atoms in total. The Bertz CT molecular complexity index is 1130. The van der Waals surface area contributed by atoms with Crippen LogP contribution in [-0.4, -0.2) is 14.1 Å². The molecule has 1 unspecified atom stereocenters. The Hall–Kier alpha value is -2.46. The predicted octanol–water partition coefficient (Wildman–Crippen LogP) is 7.14. The highest BCUT2D eigenvalue weighted by Crippen LogP contribution is 2.39. The molecule has 29 heavy (non-hydrogen) atoms. The van der Waals surface area contributed by atoms with Crippen LogP contribution < -0.4 is 0 Å². The Labute approximate surface area is 184 Å². The molecule has 0 aliphatic rings. The lowest BCUT2D eigenvalue weighted by molar-refractivity contribution is 0.674. The first-order valence-electron chi connectivity index (χ1n) is 9.05. The van der Waals surface area contributed by atoms with Crippen LogP contribution in [-0.2, 0) is 6.54 Å². The third-order valence-electron chi connectivity index (χ3n) is 4.78. The van der Waals surface area contributed by atoms with Crippen LogP contribution in [0.2, 0.25) is 15.1 Å². The van der Waals surface area contributed by atoms with E-state index >= 15 is 0 Å². The summed E-state index contributed by atoms with van der Waals surface area (Å²) in [4.78, 5) is 4.25. The maximum absolute atomic E-state index is 6.62. The van der Waals surface area contributed by atoms with Crippen molar-refractivity contribution in [3.8, 4) is 11.1 Å². The van der Waals surface area contributed by atoms with E-state index in [-0.39, 0.29) is 6.04 Å². The number of nitrogens with zero attached hydrogens (tertiary/aromatic N) is 3. The minimum atomic E-state index is -0.168. The molecule has 0 radical (unpaired) electrons. The van der Waals surface area contributed by atoms with Gasteiger partial charge >= 0.3 is 0 Å². The largest absolute Gasteiger partial charge is 0.349 e. The van der Waals surface area contributed by atoms with E-state index < -0.39 is 0 Å². The number of aromatic nitrogens is 3. The van der Waals surface area contributed by atoms with Gasteiger partial charge in [0.1, 0.15) is 0 Å². The molecule has 0 aliphatic heterocycles. The van der Waals surface area contributed by atoms with Gasteiger partial charge in [0.25, 0.3) is 0 Å². The van der Waals surface area contributed by atoms with Gasteiger partial charge in [-0.1, -0.05) is 59.1 Å². The molecule has 4 rings (SSSR count). The summed E-state index contributed by atoms with van der Waals surface area (Å²) < 4.78 is 4.15. The first kappa shape index (κ1) is 19.8. The zero-order valence-electron chi connectivity index (χ0n) is 15.5. The fourth-order valence-electron chi connectivity index (χ4n) is 3.50. The van der Waals surface area contributed by atoms with E-state index in [0.717, 1.165) is 22.3 Å². The Kier molecular flexibility index (Phi) is 5.81. The fraction of sp³-hybridized carbons (Fsp3) is 0.0870. The van der Waals surface area contributed by atoms with Crippen molar-refractivity contribution >= 4 is 34.8 Å². The van der Waals surface area contributed by atoms with Gasteiger partial charge in [-0.05, 0) is 35.4 Å². The lowest BCUT2D eigenvalue weighted by Gasteiger charge is -2.21. The van der Waals surface area contributed by atoms with Gasteiger partial charge < -0.3 is 9.13 Å². The summed E-state index contributed by atoms with van der Waals surface area (Å²) in [6.45, 7) is 4.57.